The number of barbiturate groups is 1. The van der Waals surface area contributed by atoms with Crippen molar-refractivity contribution in [2.75, 3.05) is 18.0 Å². The number of hydrogen-bond acceptors (Lipinski definition) is 6. The second kappa shape index (κ2) is 8.55. The quantitative estimate of drug-likeness (QED) is 0.424. The van der Waals surface area contributed by atoms with E-state index in [-0.39, 0.29) is 18.7 Å². The third-order valence-electron chi connectivity index (χ3n) is 7.34. The fourth-order valence-corrected chi connectivity index (χ4v) is 5.68. The van der Waals surface area contributed by atoms with Crippen molar-refractivity contribution in [1.82, 2.24) is 10.2 Å². The normalized spacial score (nSPS) is 24.4. The van der Waals surface area contributed by atoms with Gasteiger partial charge in [-0.2, -0.15) is 0 Å². The number of nitro groups is 1. The zero-order chi connectivity index (χ0) is 23.9. The Morgan fingerprint density at radius 1 is 1.06 bits per heavy atom. The zero-order valence-corrected chi connectivity index (χ0v) is 18.7. The summed E-state index contributed by atoms with van der Waals surface area (Å²) in [5.74, 6) is -1.11. The van der Waals surface area contributed by atoms with Crippen molar-refractivity contribution in [2.24, 2.45) is 5.41 Å². The number of urea groups is 1. The van der Waals surface area contributed by atoms with Gasteiger partial charge in [0.05, 0.1) is 11.0 Å². The molecule has 2 saturated heterocycles. The molecule has 9 heteroatoms. The van der Waals surface area contributed by atoms with E-state index in [9.17, 15) is 24.5 Å². The standard InChI is InChI=1S/C25H26N4O5/c30-22-25(23(31)28(24(32)26-22)14-12-17-7-3-1-4-8-17)16-18-15-19(29(33)34)10-11-20(18)27-13-6-2-5-9-21(25)27/h1,3-4,7-8,10-11,15,21H,2,5-6,9,12-14,16H2,(H,26,30,32)/t21-,25+/m0/s1. The van der Waals surface area contributed by atoms with Gasteiger partial charge < -0.3 is 4.90 Å². The Morgan fingerprint density at radius 3 is 2.62 bits per heavy atom. The first-order chi connectivity index (χ1) is 16.4. The van der Waals surface area contributed by atoms with Crippen molar-refractivity contribution >= 4 is 29.2 Å². The number of nitro benzene ring substituents is 1. The van der Waals surface area contributed by atoms with Gasteiger partial charge in [0, 0.05) is 37.3 Å². The maximum Gasteiger partial charge on any atom is 0.330 e. The van der Waals surface area contributed by atoms with Crippen LogP contribution in [0.4, 0.5) is 16.2 Å². The number of nitrogens with one attached hydrogen (secondary N) is 1. The maximum atomic E-state index is 14.0. The van der Waals surface area contributed by atoms with E-state index in [1.54, 1.807) is 6.07 Å². The lowest BCUT2D eigenvalue weighted by Gasteiger charge is -2.51. The van der Waals surface area contributed by atoms with Crippen LogP contribution in [0.3, 0.4) is 0 Å². The zero-order valence-electron chi connectivity index (χ0n) is 18.7. The Labute approximate surface area is 196 Å². The second-order valence-corrected chi connectivity index (χ2v) is 9.23. The lowest BCUT2D eigenvalue weighted by molar-refractivity contribution is -0.384. The summed E-state index contributed by atoms with van der Waals surface area (Å²) in [5.41, 5.74) is 0.819. The molecular weight excluding hydrogens is 436 g/mol. The Hall–Kier alpha value is -3.75. The highest BCUT2D eigenvalue weighted by Crippen LogP contribution is 2.47. The Balaban J connectivity index is 1.56. The van der Waals surface area contributed by atoms with Crippen LogP contribution in [-0.2, 0) is 22.4 Å². The molecule has 3 aliphatic rings. The highest BCUT2D eigenvalue weighted by atomic mass is 16.6. The van der Waals surface area contributed by atoms with Crippen LogP contribution in [0.2, 0.25) is 0 Å². The average Bonchev–Trinajstić information content (AvgIpc) is 3.09. The van der Waals surface area contributed by atoms with Crippen molar-refractivity contribution in [1.29, 1.82) is 0 Å². The molecule has 34 heavy (non-hydrogen) atoms. The van der Waals surface area contributed by atoms with E-state index in [0.717, 1.165) is 35.4 Å². The SMILES string of the molecule is O=C1NC(=O)[C@]2(Cc3cc([N+](=O)[O-])ccc3N3CCCCC[C@H]32)C(=O)N1CCc1ccccc1. The van der Waals surface area contributed by atoms with Crippen LogP contribution >= 0.6 is 0 Å². The molecule has 4 amide bonds. The van der Waals surface area contributed by atoms with Gasteiger partial charge in [0.1, 0.15) is 0 Å². The average molecular weight is 463 g/mol. The third kappa shape index (κ3) is 3.52. The van der Waals surface area contributed by atoms with E-state index < -0.39 is 34.2 Å². The van der Waals surface area contributed by atoms with Crippen molar-refractivity contribution in [3.63, 3.8) is 0 Å². The van der Waals surface area contributed by atoms with Crippen molar-refractivity contribution < 1.29 is 19.3 Å². The van der Waals surface area contributed by atoms with Crippen LogP contribution in [0.5, 0.6) is 0 Å². The fourth-order valence-electron chi connectivity index (χ4n) is 5.68. The molecule has 2 aromatic carbocycles. The molecule has 1 spiro atoms. The number of amides is 4. The summed E-state index contributed by atoms with van der Waals surface area (Å²) < 4.78 is 0. The molecule has 0 radical (unpaired) electrons. The number of nitrogens with zero attached hydrogens (tertiary/aromatic N) is 3. The molecule has 3 heterocycles. The first-order valence-electron chi connectivity index (χ1n) is 11.7. The molecule has 9 nitrogen and oxygen atoms in total. The van der Waals surface area contributed by atoms with E-state index >= 15 is 0 Å². The van der Waals surface area contributed by atoms with Gasteiger partial charge in [0.2, 0.25) is 11.8 Å². The van der Waals surface area contributed by atoms with Gasteiger partial charge in [0.15, 0.2) is 5.41 Å². The van der Waals surface area contributed by atoms with E-state index in [0.29, 0.717) is 24.9 Å². The van der Waals surface area contributed by atoms with Gasteiger partial charge in [-0.3, -0.25) is 29.9 Å². The first-order valence-corrected chi connectivity index (χ1v) is 11.7. The number of fused-ring (bicyclic) bond motifs is 4. The van der Waals surface area contributed by atoms with Crippen LogP contribution in [0.15, 0.2) is 48.5 Å². The van der Waals surface area contributed by atoms with Gasteiger partial charge in [-0.25, -0.2) is 4.79 Å². The van der Waals surface area contributed by atoms with Crippen molar-refractivity contribution in [3.8, 4) is 0 Å². The van der Waals surface area contributed by atoms with Gasteiger partial charge in [-0.05, 0) is 36.5 Å². The van der Waals surface area contributed by atoms with E-state index in [1.807, 2.05) is 30.3 Å². The fraction of sp³-hybridized carbons (Fsp3) is 0.400. The van der Waals surface area contributed by atoms with Gasteiger partial charge in [0.25, 0.3) is 5.69 Å². The molecule has 1 N–H and O–H groups in total. The van der Waals surface area contributed by atoms with Gasteiger partial charge in [-0.15, -0.1) is 0 Å². The molecule has 2 fully saturated rings. The maximum absolute atomic E-state index is 14.0. The Kier molecular flexibility index (Phi) is 5.55. The molecule has 176 valence electrons. The number of benzene rings is 2. The largest absolute Gasteiger partial charge is 0.367 e. The molecule has 2 atom stereocenters. The molecular formula is C25H26N4O5. The molecule has 5 rings (SSSR count). The number of carbonyl (C=O) groups is 3. The minimum Gasteiger partial charge on any atom is -0.367 e. The summed E-state index contributed by atoms with van der Waals surface area (Å²) in [6.45, 7) is 0.800. The Bertz CT molecular complexity index is 1170. The molecule has 0 aromatic heterocycles. The van der Waals surface area contributed by atoms with Gasteiger partial charge >= 0.3 is 6.03 Å². The Morgan fingerprint density at radius 2 is 1.85 bits per heavy atom. The molecule has 3 aliphatic heterocycles. The highest BCUT2D eigenvalue weighted by molar-refractivity contribution is 6.20. The first kappa shape index (κ1) is 22.1. The van der Waals surface area contributed by atoms with Crippen molar-refractivity contribution in [3.05, 3.63) is 69.8 Å². The highest BCUT2D eigenvalue weighted by Gasteiger charge is 2.61. The summed E-state index contributed by atoms with van der Waals surface area (Å²) in [6.07, 6.45) is 3.87. The molecule has 2 aromatic rings. The summed E-state index contributed by atoms with van der Waals surface area (Å²) >= 11 is 0. The van der Waals surface area contributed by atoms with Crippen molar-refractivity contribution in [2.45, 2.75) is 44.6 Å². The summed E-state index contributed by atoms with van der Waals surface area (Å²) in [6, 6.07) is 13.1. The minimum atomic E-state index is -1.50. The molecule has 0 aliphatic carbocycles. The summed E-state index contributed by atoms with van der Waals surface area (Å²) in [4.78, 5) is 54.4. The van der Waals surface area contributed by atoms with E-state index in [4.69, 9.17) is 0 Å². The van der Waals surface area contributed by atoms with Crippen LogP contribution in [0.25, 0.3) is 0 Å². The predicted octanol–water partition coefficient (Wildman–Crippen LogP) is 3.21. The van der Waals surface area contributed by atoms with Crippen LogP contribution in [0.1, 0.15) is 36.8 Å². The lowest BCUT2D eigenvalue weighted by atomic mass is 9.67. The smallest absolute Gasteiger partial charge is 0.330 e. The number of carbonyl (C=O) groups excluding carboxylic acids is 3. The summed E-state index contributed by atoms with van der Waals surface area (Å²) in [7, 11) is 0. The topological polar surface area (TPSA) is 113 Å². The predicted molar refractivity (Wildman–Crippen MR) is 124 cm³/mol. The third-order valence-corrected chi connectivity index (χ3v) is 7.34. The monoisotopic (exact) mass is 462 g/mol. The van der Waals surface area contributed by atoms with Gasteiger partial charge in [-0.1, -0.05) is 43.2 Å². The molecule has 0 saturated carbocycles. The molecule has 0 unspecified atom stereocenters. The number of anilines is 1. The van der Waals surface area contributed by atoms with E-state index in [2.05, 4.69) is 10.2 Å². The van der Waals surface area contributed by atoms with Crippen LogP contribution < -0.4 is 10.2 Å². The van der Waals surface area contributed by atoms with Crippen LogP contribution in [-0.4, -0.2) is 46.8 Å². The number of rotatable bonds is 4. The minimum absolute atomic E-state index is 0.0327. The summed E-state index contributed by atoms with van der Waals surface area (Å²) in [5, 5.41) is 13.9. The van der Waals surface area contributed by atoms with E-state index in [1.165, 1.54) is 12.1 Å². The second-order valence-electron chi connectivity index (χ2n) is 9.23. The van der Waals surface area contributed by atoms with Crippen LogP contribution in [0, 0.1) is 15.5 Å². The lowest BCUT2D eigenvalue weighted by Crippen LogP contribution is -2.72. The number of imide groups is 2. The number of hydrogen-bond donors (Lipinski definition) is 1. The molecule has 0 bridgehead atoms. The number of non-ortho nitro benzene ring substituents is 1.